The fraction of sp³-hybridized carbons (Fsp3) is 0.240. The fourth-order valence-electron chi connectivity index (χ4n) is 3.32. The van der Waals surface area contributed by atoms with Gasteiger partial charge in [-0.25, -0.2) is 12.8 Å². The number of thioether (sulfide) groups is 1. The van der Waals surface area contributed by atoms with E-state index < -0.39 is 28.3 Å². The van der Waals surface area contributed by atoms with E-state index in [9.17, 15) is 17.6 Å². The molecule has 3 rings (SSSR count). The van der Waals surface area contributed by atoms with E-state index in [0.717, 1.165) is 15.9 Å². The number of methoxy groups -OCH3 is 2. The molecule has 0 saturated heterocycles. The monoisotopic (exact) mass is 552 g/mol. The summed E-state index contributed by atoms with van der Waals surface area (Å²) in [5.74, 6) is 0.499. The maximum absolute atomic E-state index is 14.6. The number of halogens is 2. The van der Waals surface area contributed by atoms with Crippen molar-refractivity contribution in [1.82, 2.24) is 5.32 Å². The average molecular weight is 553 g/mol. The van der Waals surface area contributed by atoms with Gasteiger partial charge in [0, 0.05) is 29.1 Å². The maximum Gasteiger partial charge on any atom is 0.265 e. The quantitative estimate of drug-likeness (QED) is 0.327. The van der Waals surface area contributed by atoms with Crippen molar-refractivity contribution in [3.63, 3.8) is 0 Å². The first kappa shape index (κ1) is 27.6. The van der Waals surface area contributed by atoms with Crippen molar-refractivity contribution in [3.05, 3.63) is 83.1 Å². The van der Waals surface area contributed by atoms with Gasteiger partial charge in [0.2, 0.25) is 5.91 Å². The summed E-state index contributed by atoms with van der Waals surface area (Å²) < 4.78 is 52.8. The molecule has 0 atom stereocenters. The molecule has 3 aromatic carbocycles. The van der Waals surface area contributed by atoms with E-state index in [1.165, 1.54) is 50.6 Å². The molecule has 0 heterocycles. The number of carbonyl (C=O) groups is 1. The summed E-state index contributed by atoms with van der Waals surface area (Å²) in [7, 11) is -1.52. The Labute approximate surface area is 219 Å². The highest BCUT2D eigenvalue weighted by Crippen LogP contribution is 2.32. The first-order chi connectivity index (χ1) is 17.3. The van der Waals surface area contributed by atoms with E-state index in [1.54, 1.807) is 17.8 Å². The highest BCUT2D eigenvalue weighted by Gasteiger charge is 2.30. The van der Waals surface area contributed by atoms with Gasteiger partial charge in [-0.15, -0.1) is 0 Å². The van der Waals surface area contributed by atoms with E-state index in [0.29, 0.717) is 28.8 Å². The van der Waals surface area contributed by atoms with Gasteiger partial charge in [0.15, 0.2) is 11.5 Å². The van der Waals surface area contributed by atoms with Crippen LogP contribution in [-0.2, 0) is 20.6 Å². The Morgan fingerprint density at radius 3 is 2.47 bits per heavy atom. The van der Waals surface area contributed by atoms with E-state index >= 15 is 0 Å². The average Bonchev–Trinajstić information content (AvgIpc) is 2.87. The van der Waals surface area contributed by atoms with Gasteiger partial charge in [-0.2, -0.15) is 11.8 Å². The molecule has 1 N–H and O–H groups in total. The molecule has 0 unspecified atom stereocenters. The fourth-order valence-corrected chi connectivity index (χ4v) is 5.79. The minimum absolute atomic E-state index is 0.173. The third-order valence-electron chi connectivity index (χ3n) is 5.08. The van der Waals surface area contributed by atoms with Gasteiger partial charge in [0.25, 0.3) is 10.0 Å². The van der Waals surface area contributed by atoms with Crippen molar-refractivity contribution < 1.29 is 27.1 Å². The molecule has 1 amide bonds. The number of amides is 1. The number of hydrogen-bond donors (Lipinski definition) is 1. The Kier molecular flexibility index (Phi) is 9.86. The molecule has 11 heteroatoms. The van der Waals surface area contributed by atoms with Crippen molar-refractivity contribution in [2.45, 2.75) is 10.6 Å². The van der Waals surface area contributed by atoms with Crippen molar-refractivity contribution in [2.24, 2.45) is 0 Å². The number of nitrogens with one attached hydrogen (secondary N) is 1. The molecule has 0 bridgehead atoms. The third-order valence-corrected chi connectivity index (χ3v) is 8.10. The molecular weight excluding hydrogens is 527 g/mol. The van der Waals surface area contributed by atoms with Gasteiger partial charge in [-0.1, -0.05) is 35.9 Å². The molecule has 3 aromatic rings. The molecule has 0 aliphatic carbocycles. The highest BCUT2D eigenvalue weighted by molar-refractivity contribution is 7.98. The molecule has 36 heavy (non-hydrogen) atoms. The molecule has 0 aliphatic rings. The molecule has 7 nitrogen and oxygen atoms in total. The molecular formula is C25H26ClFN2O5S2. The van der Waals surface area contributed by atoms with Crippen LogP contribution in [0, 0.1) is 5.82 Å². The molecule has 192 valence electrons. The zero-order valence-corrected chi connectivity index (χ0v) is 22.1. The maximum atomic E-state index is 14.6. The minimum atomic E-state index is -4.33. The number of sulfonamides is 1. The summed E-state index contributed by atoms with van der Waals surface area (Å²) >= 11 is 7.58. The number of anilines is 1. The zero-order chi connectivity index (χ0) is 26.1. The smallest absolute Gasteiger partial charge is 0.265 e. The van der Waals surface area contributed by atoms with Crippen LogP contribution in [0.15, 0.2) is 71.6 Å². The molecule has 0 radical (unpaired) electrons. The van der Waals surface area contributed by atoms with Crippen molar-refractivity contribution in [2.75, 3.05) is 37.4 Å². The minimum Gasteiger partial charge on any atom is -0.493 e. The predicted molar refractivity (Wildman–Crippen MR) is 141 cm³/mol. The van der Waals surface area contributed by atoms with E-state index in [2.05, 4.69) is 5.32 Å². The van der Waals surface area contributed by atoms with E-state index in [1.807, 2.05) is 18.2 Å². The molecule has 0 aromatic heterocycles. The van der Waals surface area contributed by atoms with E-state index in [4.69, 9.17) is 21.1 Å². The zero-order valence-electron chi connectivity index (χ0n) is 19.7. The van der Waals surface area contributed by atoms with Crippen molar-refractivity contribution >= 4 is 45.0 Å². The van der Waals surface area contributed by atoms with Gasteiger partial charge in [0.1, 0.15) is 12.4 Å². The first-order valence-electron chi connectivity index (χ1n) is 10.8. The number of para-hydroxylation sites is 1. The molecule has 0 saturated carbocycles. The van der Waals surface area contributed by atoms with E-state index in [-0.39, 0.29) is 16.3 Å². The summed E-state index contributed by atoms with van der Waals surface area (Å²) in [6.45, 7) is -0.290. The van der Waals surface area contributed by atoms with Crippen LogP contribution in [-0.4, -0.2) is 47.4 Å². The predicted octanol–water partition coefficient (Wildman–Crippen LogP) is 4.74. The summed E-state index contributed by atoms with van der Waals surface area (Å²) in [6, 6.07) is 16.9. The van der Waals surface area contributed by atoms with Crippen molar-refractivity contribution in [1.29, 1.82) is 0 Å². The Balaban J connectivity index is 1.72. The second-order valence-corrected chi connectivity index (χ2v) is 10.9. The third kappa shape index (κ3) is 7.05. The Bertz CT molecular complexity index is 1310. The molecule has 0 fully saturated rings. The number of carbonyl (C=O) groups excluding carboxylic acids is 1. The summed E-state index contributed by atoms with van der Waals surface area (Å²) in [5.41, 5.74) is 0.823. The normalized spacial score (nSPS) is 11.1. The topological polar surface area (TPSA) is 84.9 Å². The summed E-state index contributed by atoms with van der Waals surface area (Å²) in [4.78, 5) is 12.5. The second kappa shape index (κ2) is 12.8. The van der Waals surface area contributed by atoms with Crippen molar-refractivity contribution in [3.8, 4) is 11.5 Å². The van der Waals surface area contributed by atoms with Crippen LogP contribution < -0.4 is 19.1 Å². The lowest BCUT2D eigenvalue weighted by molar-refractivity contribution is -0.119. The lowest BCUT2D eigenvalue weighted by atomic mass is 10.2. The highest BCUT2D eigenvalue weighted by atomic mass is 35.5. The van der Waals surface area contributed by atoms with Gasteiger partial charge >= 0.3 is 0 Å². The Morgan fingerprint density at radius 1 is 1.03 bits per heavy atom. The van der Waals surface area contributed by atoms with Gasteiger partial charge in [-0.05, 0) is 42.0 Å². The van der Waals surface area contributed by atoms with Gasteiger partial charge < -0.3 is 14.8 Å². The summed E-state index contributed by atoms with van der Waals surface area (Å²) in [5, 5.41) is 3.36. The van der Waals surface area contributed by atoms with Gasteiger partial charge in [-0.3, -0.25) is 9.10 Å². The first-order valence-corrected chi connectivity index (χ1v) is 13.8. The molecule has 0 aliphatic heterocycles. The lowest BCUT2D eigenvalue weighted by Gasteiger charge is -2.25. The Hall–Kier alpha value is -2.95. The van der Waals surface area contributed by atoms with Crippen LogP contribution in [0.2, 0.25) is 5.02 Å². The largest absolute Gasteiger partial charge is 0.493 e. The van der Waals surface area contributed by atoms with Crippen LogP contribution in [0.25, 0.3) is 0 Å². The van der Waals surface area contributed by atoms with Crippen LogP contribution in [0.5, 0.6) is 11.5 Å². The summed E-state index contributed by atoms with van der Waals surface area (Å²) in [6.07, 6.45) is 0. The number of hydrogen-bond acceptors (Lipinski definition) is 6. The molecule has 0 spiro atoms. The lowest BCUT2D eigenvalue weighted by Crippen LogP contribution is -2.41. The number of benzene rings is 3. The van der Waals surface area contributed by atoms with Crippen LogP contribution >= 0.6 is 23.4 Å². The Morgan fingerprint density at radius 2 is 1.78 bits per heavy atom. The number of nitrogens with zero attached hydrogens (tertiary/aromatic N) is 1. The standard InChI is InChI=1S/C25H26ClFN2O5S2/c1-33-23-11-10-20(15-24(23)34-2)36(31,32)29(22-9-4-3-8-21(22)27)16-25(30)28-12-13-35-17-18-6-5-7-19(26)14-18/h3-11,14-15H,12-13,16-17H2,1-2H3,(H,28,30). The van der Waals surface area contributed by atoms with Crippen LogP contribution in [0.1, 0.15) is 5.56 Å². The SMILES string of the molecule is COc1ccc(S(=O)(=O)N(CC(=O)NCCSCc2cccc(Cl)c2)c2ccccc2F)cc1OC. The van der Waals surface area contributed by atoms with Crippen LogP contribution in [0.3, 0.4) is 0 Å². The van der Waals surface area contributed by atoms with Gasteiger partial charge in [0.05, 0.1) is 24.8 Å². The number of ether oxygens (including phenoxy) is 2. The second-order valence-electron chi connectivity index (χ2n) is 7.51. The number of rotatable bonds is 12. The van der Waals surface area contributed by atoms with Crippen LogP contribution in [0.4, 0.5) is 10.1 Å².